The molecule has 0 bridgehead atoms. The monoisotopic (exact) mass is 321 g/mol. The first kappa shape index (κ1) is 16.1. The normalized spacial score (nSPS) is 20.1. The van der Waals surface area contributed by atoms with E-state index in [1.807, 2.05) is 0 Å². The van der Waals surface area contributed by atoms with Crippen LogP contribution >= 0.6 is 0 Å². The Hall–Kier alpha value is -1.73. The fourth-order valence-corrected chi connectivity index (χ4v) is 6.59. The number of allylic oxidation sites excluding steroid dienone is 3. The molecule has 23 heavy (non-hydrogen) atoms. The van der Waals surface area contributed by atoms with Crippen LogP contribution in [0.15, 0.2) is 93.8 Å². The summed E-state index contributed by atoms with van der Waals surface area (Å²) in [6.45, 7) is 9.27. The van der Waals surface area contributed by atoms with E-state index in [0.29, 0.717) is 5.25 Å². The zero-order valence-corrected chi connectivity index (χ0v) is 15.2. The van der Waals surface area contributed by atoms with Crippen LogP contribution in [0.5, 0.6) is 0 Å². The van der Waals surface area contributed by atoms with Gasteiger partial charge in [-0.3, -0.25) is 0 Å². The summed E-state index contributed by atoms with van der Waals surface area (Å²) in [6, 6.07) is 22.0. The zero-order chi connectivity index (χ0) is 16.4. The van der Waals surface area contributed by atoms with Crippen molar-refractivity contribution in [3.63, 3.8) is 0 Å². The fraction of sp³-hybridized carbons (Fsp3) is 0.273. The third-order valence-electron chi connectivity index (χ3n) is 4.37. The maximum Gasteiger partial charge on any atom is 0.161 e. The van der Waals surface area contributed by atoms with E-state index in [0.717, 1.165) is 0 Å². The molecule has 0 radical (unpaired) electrons. The Morgan fingerprint density at radius 3 is 1.70 bits per heavy atom. The van der Waals surface area contributed by atoms with Gasteiger partial charge in [0.15, 0.2) is 15.0 Å². The molecule has 0 spiro atoms. The molecule has 0 saturated carbocycles. The van der Waals surface area contributed by atoms with Crippen LogP contribution in [0.2, 0.25) is 0 Å². The minimum absolute atomic E-state index is 0.0350. The van der Waals surface area contributed by atoms with Crippen LogP contribution < -0.4 is 0 Å². The van der Waals surface area contributed by atoms with Gasteiger partial charge in [-0.05, 0) is 43.7 Å². The second-order valence-corrected chi connectivity index (χ2v) is 9.03. The zero-order valence-electron chi connectivity index (χ0n) is 14.4. The van der Waals surface area contributed by atoms with Crippen molar-refractivity contribution in [2.45, 2.75) is 42.7 Å². The van der Waals surface area contributed by atoms with E-state index in [1.165, 1.54) is 20.9 Å². The molecular weight excluding hydrogens is 296 g/mol. The van der Waals surface area contributed by atoms with Gasteiger partial charge in [0, 0.05) is 5.41 Å². The Bertz CT molecular complexity index is 684. The standard InChI is InChI=1S/C22H25S/c1-17-15-18(2)21(22(3,4)16-17)23(19-11-7-5-8-12-19)20-13-9-6-10-14-20/h5-16,21H,1-4H3/q+1. The molecule has 2 aromatic carbocycles. The van der Waals surface area contributed by atoms with Crippen molar-refractivity contribution in [3.8, 4) is 0 Å². The third kappa shape index (κ3) is 3.30. The molecule has 118 valence electrons. The molecule has 0 fully saturated rings. The Morgan fingerprint density at radius 1 is 0.783 bits per heavy atom. The molecule has 0 nitrogen and oxygen atoms in total. The lowest BCUT2D eigenvalue weighted by Crippen LogP contribution is -2.38. The van der Waals surface area contributed by atoms with Gasteiger partial charge in [-0.25, -0.2) is 0 Å². The minimum Gasteiger partial charge on any atom is -0.0706 e. The Balaban J connectivity index is 2.15. The van der Waals surface area contributed by atoms with Gasteiger partial charge in [-0.2, -0.15) is 0 Å². The Morgan fingerprint density at radius 2 is 1.26 bits per heavy atom. The van der Waals surface area contributed by atoms with Crippen molar-refractivity contribution in [2.24, 2.45) is 5.41 Å². The number of rotatable bonds is 3. The summed E-state index contributed by atoms with van der Waals surface area (Å²) in [5.74, 6) is 0. The lowest BCUT2D eigenvalue weighted by atomic mass is 9.79. The van der Waals surface area contributed by atoms with Crippen LogP contribution in [0.1, 0.15) is 27.7 Å². The van der Waals surface area contributed by atoms with Gasteiger partial charge in [0.2, 0.25) is 0 Å². The van der Waals surface area contributed by atoms with Crippen molar-refractivity contribution in [3.05, 3.63) is 84.0 Å². The smallest absolute Gasteiger partial charge is 0.0706 e. The van der Waals surface area contributed by atoms with Crippen molar-refractivity contribution >= 4 is 10.9 Å². The van der Waals surface area contributed by atoms with Crippen LogP contribution in [-0.4, -0.2) is 5.25 Å². The van der Waals surface area contributed by atoms with Gasteiger partial charge >= 0.3 is 0 Å². The van der Waals surface area contributed by atoms with Gasteiger partial charge in [-0.1, -0.05) is 68.0 Å². The number of hydrogen-bond acceptors (Lipinski definition) is 0. The van der Waals surface area contributed by atoms with Gasteiger partial charge in [0.05, 0.1) is 10.9 Å². The van der Waals surface area contributed by atoms with Gasteiger partial charge < -0.3 is 0 Å². The lowest BCUT2D eigenvalue weighted by Gasteiger charge is -2.34. The summed E-state index contributed by atoms with van der Waals surface area (Å²) in [4.78, 5) is 2.86. The maximum atomic E-state index is 2.44. The van der Waals surface area contributed by atoms with E-state index in [1.54, 1.807) is 0 Å². The second kappa shape index (κ2) is 6.41. The Kier molecular flexibility index (Phi) is 4.50. The minimum atomic E-state index is 0.0350. The first-order valence-electron chi connectivity index (χ1n) is 8.20. The SMILES string of the molecule is CC1=CC(C)(C)C([S+](c2ccccc2)c2ccccc2)C(C)=C1. The molecule has 0 N–H and O–H groups in total. The van der Waals surface area contributed by atoms with E-state index in [4.69, 9.17) is 0 Å². The summed E-state index contributed by atoms with van der Waals surface area (Å²) in [7, 11) is 0.0350. The molecule has 1 heteroatoms. The van der Waals surface area contributed by atoms with Crippen molar-refractivity contribution in [2.75, 3.05) is 0 Å². The molecule has 0 aliphatic heterocycles. The predicted molar refractivity (Wildman–Crippen MR) is 102 cm³/mol. The average molecular weight is 322 g/mol. The van der Waals surface area contributed by atoms with Crippen LogP contribution in [0.4, 0.5) is 0 Å². The van der Waals surface area contributed by atoms with Crippen molar-refractivity contribution in [1.82, 2.24) is 0 Å². The van der Waals surface area contributed by atoms with Crippen LogP contribution in [0.3, 0.4) is 0 Å². The van der Waals surface area contributed by atoms with Crippen molar-refractivity contribution < 1.29 is 0 Å². The van der Waals surface area contributed by atoms with E-state index < -0.39 is 0 Å². The summed E-state index contributed by atoms with van der Waals surface area (Å²) < 4.78 is 0. The molecule has 1 aliphatic carbocycles. The second-order valence-electron chi connectivity index (χ2n) is 6.94. The summed E-state index contributed by atoms with van der Waals surface area (Å²) in [6.07, 6.45) is 4.80. The maximum absolute atomic E-state index is 2.44. The molecule has 0 heterocycles. The molecule has 1 unspecified atom stereocenters. The predicted octanol–water partition coefficient (Wildman–Crippen LogP) is 6.02. The topological polar surface area (TPSA) is 0 Å². The summed E-state index contributed by atoms with van der Waals surface area (Å²) in [5.41, 5.74) is 3.03. The van der Waals surface area contributed by atoms with Crippen LogP contribution in [-0.2, 0) is 10.9 Å². The highest BCUT2D eigenvalue weighted by Crippen LogP contribution is 2.44. The molecule has 1 aliphatic rings. The average Bonchev–Trinajstić information content (AvgIpc) is 2.52. The first-order valence-corrected chi connectivity index (χ1v) is 9.49. The van der Waals surface area contributed by atoms with E-state index in [2.05, 4.69) is 101 Å². The molecule has 2 aromatic rings. The number of benzene rings is 2. The van der Waals surface area contributed by atoms with Gasteiger partial charge in [0.25, 0.3) is 0 Å². The molecule has 0 amide bonds. The van der Waals surface area contributed by atoms with Gasteiger partial charge in [0.1, 0.15) is 0 Å². The highest BCUT2D eigenvalue weighted by Gasteiger charge is 2.46. The third-order valence-corrected chi connectivity index (χ3v) is 7.39. The summed E-state index contributed by atoms with van der Waals surface area (Å²) in [5, 5.41) is 0.496. The highest BCUT2D eigenvalue weighted by molar-refractivity contribution is 7.97. The fourth-order valence-electron chi connectivity index (χ4n) is 3.76. The lowest BCUT2D eigenvalue weighted by molar-refractivity contribution is 0.476. The van der Waals surface area contributed by atoms with Crippen molar-refractivity contribution in [1.29, 1.82) is 0 Å². The molecule has 1 atom stereocenters. The van der Waals surface area contributed by atoms with Crippen LogP contribution in [0.25, 0.3) is 0 Å². The highest BCUT2D eigenvalue weighted by atomic mass is 32.2. The molecule has 0 aromatic heterocycles. The largest absolute Gasteiger partial charge is 0.161 e. The molecule has 3 rings (SSSR count). The molecular formula is C22H25S+. The number of hydrogen-bond donors (Lipinski definition) is 0. The van der Waals surface area contributed by atoms with E-state index in [-0.39, 0.29) is 16.3 Å². The summed E-state index contributed by atoms with van der Waals surface area (Å²) >= 11 is 0. The van der Waals surface area contributed by atoms with Crippen LogP contribution in [0, 0.1) is 5.41 Å². The molecule has 0 saturated heterocycles. The van der Waals surface area contributed by atoms with Gasteiger partial charge in [-0.15, -0.1) is 0 Å². The van der Waals surface area contributed by atoms with E-state index in [9.17, 15) is 0 Å². The Labute approximate surface area is 143 Å². The first-order chi connectivity index (χ1) is 11.0. The van der Waals surface area contributed by atoms with E-state index >= 15 is 0 Å². The quantitative estimate of drug-likeness (QED) is 0.606.